The van der Waals surface area contributed by atoms with Gasteiger partial charge in [-0.2, -0.15) is 0 Å². The van der Waals surface area contributed by atoms with Gasteiger partial charge in [0.25, 0.3) is 5.91 Å². The number of benzene rings is 2. The molecule has 0 bridgehead atoms. The first kappa shape index (κ1) is 26.0. The van der Waals surface area contributed by atoms with E-state index in [0.29, 0.717) is 40.8 Å². The van der Waals surface area contributed by atoms with E-state index in [0.717, 1.165) is 48.7 Å². The molecule has 2 aromatic heterocycles. The second-order valence-corrected chi connectivity index (χ2v) is 10.9. The van der Waals surface area contributed by atoms with Crippen molar-refractivity contribution in [2.45, 2.75) is 57.6 Å². The molecule has 4 aromatic rings. The van der Waals surface area contributed by atoms with Crippen LogP contribution in [-0.2, 0) is 22.5 Å². The van der Waals surface area contributed by atoms with Crippen LogP contribution in [0.1, 0.15) is 54.0 Å². The van der Waals surface area contributed by atoms with Crippen LogP contribution in [0.4, 0.5) is 5.13 Å². The number of hydrogen-bond donors (Lipinski definition) is 1. The maximum absolute atomic E-state index is 13.1. The Kier molecular flexibility index (Phi) is 6.97. The first-order valence-corrected chi connectivity index (χ1v) is 14.2. The van der Waals surface area contributed by atoms with E-state index in [1.165, 1.54) is 24.9 Å². The minimum absolute atomic E-state index is 0.309. The van der Waals surface area contributed by atoms with Crippen molar-refractivity contribution in [1.82, 2.24) is 19.7 Å². The molecule has 6 rings (SSSR count). The largest absolute Gasteiger partial charge is 0.475 e. The summed E-state index contributed by atoms with van der Waals surface area (Å²) in [6.45, 7) is 2.78. The van der Waals surface area contributed by atoms with Crippen LogP contribution >= 0.6 is 11.3 Å². The SMILES string of the molecule is COC(=O)C1(Oc2cc(Oc3ccc(-c4nnc5n4CCCCC5)cc3)cc(C(=O)Nc3nc(C)cs3)c2)CC1. The van der Waals surface area contributed by atoms with Gasteiger partial charge in [-0.3, -0.25) is 10.1 Å². The predicted octanol–water partition coefficient (Wildman–Crippen LogP) is 5.57. The van der Waals surface area contributed by atoms with Gasteiger partial charge in [-0.1, -0.05) is 6.42 Å². The molecule has 1 amide bonds. The Balaban J connectivity index is 1.26. The summed E-state index contributed by atoms with van der Waals surface area (Å²) in [7, 11) is 1.33. The highest BCUT2D eigenvalue weighted by Gasteiger charge is 2.54. The van der Waals surface area contributed by atoms with Crippen LogP contribution in [0, 0.1) is 6.92 Å². The van der Waals surface area contributed by atoms with E-state index in [9.17, 15) is 9.59 Å². The molecule has 1 aliphatic carbocycles. The predicted molar refractivity (Wildman–Crippen MR) is 149 cm³/mol. The minimum Gasteiger partial charge on any atom is -0.475 e. The van der Waals surface area contributed by atoms with Gasteiger partial charge in [0.15, 0.2) is 11.0 Å². The minimum atomic E-state index is -1.04. The Labute approximate surface area is 235 Å². The molecule has 1 N–H and O–H groups in total. The standard InChI is InChI=1S/C29H29N5O5S/c1-18-17-40-28(30-18)31-26(35)20-14-22(16-23(15-20)39-29(11-12-29)27(36)37-2)38-21-9-7-19(8-10-21)25-33-32-24-6-4-3-5-13-34(24)25/h7-10,14-17H,3-6,11-13H2,1-2H3,(H,30,31,35). The number of nitrogens with zero attached hydrogens (tertiary/aromatic N) is 4. The number of aromatic nitrogens is 4. The number of rotatable bonds is 8. The molecule has 11 heteroatoms. The highest BCUT2D eigenvalue weighted by Crippen LogP contribution is 2.42. The third kappa shape index (κ3) is 5.42. The molecule has 10 nitrogen and oxygen atoms in total. The number of ether oxygens (including phenoxy) is 3. The van der Waals surface area contributed by atoms with Crippen molar-refractivity contribution in [3.8, 4) is 28.6 Å². The lowest BCUT2D eigenvalue weighted by molar-refractivity contribution is -0.151. The van der Waals surface area contributed by atoms with Crippen molar-refractivity contribution in [3.63, 3.8) is 0 Å². The van der Waals surface area contributed by atoms with Gasteiger partial charge in [-0.15, -0.1) is 21.5 Å². The molecule has 0 saturated heterocycles. The van der Waals surface area contributed by atoms with Gasteiger partial charge >= 0.3 is 5.97 Å². The molecule has 1 saturated carbocycles. The van der Waals surface area contributed by atoms with Crippen molar-refractivity contribution in [2.24, 2.45) is 0 Å². The van der Waals surface area contributed by atoms with E-state index < -0.39 is 11.6 Å². The lowest BCUT2D eigenvalue weighted by atomic mass is 10.1. The van der Waals surface area contributed by atoms with Gasteiger partial charge in [0.05, 0.1) is 12.8 Å². The van der Waals surface area contributed by atoms with Crippen LogP contribution in [0.5, 0.6) is 17.2 Å². The summed E-state index contributed by atoms with van der Waals surface area (Å²) in [5.41, 5.74) is 1.05. The highest BCUT2D eigenvalue weighted by atomic mass is 32.1. The molecule has 40 heavy (non-hydrogen) atoms. The number of esters is 1. The normalized spacial score (nSPS) is 15.4. The number of amides is 1. The fraction of sp³-hybridized carbons (Fsp3) is 0.345. The molecule has 0 unspecified atom stereocenters. The summed E-state index contributed by atoms with van der Waals surface area (Å²) in [5.74, 6) is 2.39. The number of thiazole rings is 1. The molecular weight excluding hydrogens is 530 g/mol. The number of carbonyl (C=O) groups excluding carboxylic acids is 2. The van der Waals surface area contributed by atoms with Crippen molar-refractivity contribution in [3.05, 3.63) is 64.9 Å². The zero-order valence-electron chi connectivity index (χ0n) is 22.3. The Morgan fingerprint density at radius 3 is 2.52 bits per heavy atom. The molecular formula is C29H29N5O5S. The molecule has 1 fully saturated rings. The third-order valence-corrected chi connectivity index (χ3v) is 7.89. The van der Waals surface area contributed by atoms with Crippen LogP contribution in [0.25, 0.3) is 11.4 Å². The fourth-order valence-corrected chi connectivity index (χ4v) is 5.46. The topological polar surface area (TPSA) is 117 Å². The van der Waals surface area contributed by atoms with E-state index in [2.05, 4.69) is 25.1 Å². The smallest absolute Gasteiger partial charge is 0.350 e. The van der Waals surface area contributed by atoms with Crippen molar-refractivity contribution in [1.29, 1.82) is 0 Å². The van der Waals surface area contributed by atoms with E-state index in [4.69, 9.17) is 14.2 Å². The summed E-state index contributed by atoms with van der Waals surface area (Å²) < 4.78 is 19.3. The summed E-state index contributed by atoms with van der Waals surface area (Å²) in [4.78, 5) is 29.7. The number of hydrogen-bond acceptors (Lipinski definition) is 9. The van der Waals surface area contributed by atoms with Crippen molar-refractivity contribution >= 4 is 28.3 Å². The van der Waals surface area contributed by atoms with E-state index in [1.54, 1.807) is 18.2 Å². The van der Waals surface area contributed by atoms with Crippen molar-refractivity contribution in [2.75, 3.05) is 12.4 Å². The van der Waals surface area contributed by atoms with Crippen LogP contribution in [0.3, 0.4) is 0 Å². The quantitative estimate of drug-likeness (QED) is 0.279. The Hall–Kier alpha value is -4.25. The monoisotopic (exact) mass is 559 g/mol. The van der Waals surface area contributed by atoms with Crippen LogP contribution in [-0.4, -0.2) is 44.3 Å². The summed E-state index contributed by atoms with van der Waals surface area (Å²) in [6.07, 6.45) is 5.48. The number of methoxy groups -OCH3 is 1. The van der Waals surface area contributed by atoms with Gasteiger partial charge in [-0.25, -0.2) is 9.78 Å². The Morgan fingerprint density at radius 1 is 1.00 bits per heavy atom. The number of carbonyl (C=O) groups is 2. The highest BCUT2D eigenvalue weighted by molar-refractivity contribution is 7.13. The Bertz CT molecular complexity index is 1560. The van der Waals surface area contributed by atoms with Gasteiger partial charge in [-0.05, 0) is 56.2 Å². The third-order valence-electron chi connectivity index (χ3n) is 7.01. The van der Waals surface area contributed by atoms with Gasteiger partial charge in [0, 0.05) is 48.4 Å². The van der Waals surface area contributed by atoms with Crippen molar-refractivity contribution < 1.29 is 23.8 Å². The fourth-order valence-electron chi connectivity index (χ4n) is 4.78. The number of nitrogens with one attached hydrogen (secondary N) is 1. The van der Waals surface area contributed by atoms with Crippen LogP contribution < -0.4 is 14.8 Å². The first-order chi connectivity index (χ1) is 19.4. The molecule has 2 aliphatic rings. The molecule has 3 heterocycles. The zero-order chi connectivity index (χ0) is 27.7. The van der Waals surface area contributed by atoms with Crippen LogP contribution in [0.15, 0.2) is 47.8 Å². The molecule has 0 atom stereocenters. The van der Waals surface area contributed by atoms with E-state index in [1.807, 2.05) is 36.6 Å². The second-order valence-electron chi connectivity index (χ2n) is 10.1. The Morgan fingerprint density at radius 2 is 1.80 bits per heavy atom. The van der Waals surface area contributed by atoms with E-state index in [-0.39, 0.29) is 5.91 Å². The first-order valence-electron chi connectivity index (χ1n) is 13.3. The summed E-state index contributed by atoms with van der Waals surface area (Å²) >= 11 is 1.34. The zero-order valence-corrected chi connectivity index (χ0v) is 23.1. The van der Waals surface area contributed by atoms with E-state index >= 15 is 0 Å². The molecule has 0 radical (unpaired) electrons. The molecule has 0 spiro atoms. The number of fused-ring (bicyclic) bond motifs is 1. The van der Waals surface area contributed by atoms with Gasteiger partial charge < -0.3 is 18.8 Å². The summed E-state index contributed by atoms with van der Waals surface area (Å²) in [6, 6.07) is 12.5. The molecule has 206 valence electrons. The van der Waals surface area contributed by atoms with Gasteiger partial charge in [0.1, 0.15) is 23.1 Å². The molecule has 1 aliphatic heterocycles. The molecule has 2 aromatic carbocycles. The van der Waals surface area contributed by atoms with Gasteiger partial charge in [0.2, 0.25) is 5.60 Å². The average Bonchev–Trinajstić information content (AvgIpc) is 3.55. The lowest BCUT2D eigenvalue weighted by Gasteiger charge is -2.17. The number of aryl methyl sites for hydroxylation is 2. The lowest BCUT2D eigenvalue weighted by Crippen LogP contribution is -2.30. The second kappa shape index (κ2) is 10.7. The maximum Gasteiger partial charge on any atom is 0.350 e. The summed E-state index contributed by atoms with van der Waals surface area (Å²) in [5, 5.41) is 14.0. The average molecular weight is 560 g/mol. The number of anilines is 1. The maximum atomic E-state index is 13.1. The van der Waals surface area contributed by atoms with Crippen LogP contribution in [0.2, 0.25) is 0 Å².